The SMILES string of the molecule is CC(O)CCn1nnc(C(=O)O)c1-c1cccnc1. The fourth-order valence-corrected chi connectivity index (χ4v) is 1.71. The first-order valence-corrected chi connectivity index (χ1v) is 5.85. The molecule has 0 radical (unpaired) electrons. The van der Waals surface area contributed by atoms with E-state index in [9.17, 15) is 9.90 Å². The average Bonchev–Trinajstić information content (AvgIpc) is 2.81. The summed E-state index contributed by atoms with van der Waals surface area (Å²) in [6.45, 7) is 2.06. The normalized spacial score (nSPS) is 12.3. The van der Waals surface area contributed by atoms with Crippen LogP contribution < -0.4 is 0 Å². The lowest BCUT2D eigenvalue weighted by Crippen LogP contribution is -2.10. The van der Waals surface area contributed by atoms with Gasteiger partial charge in [-0.25, -0.2) is 9.48 Å². The number of aliphatic hydroxyl groups is 1. The number of nitrogens with zero attached hydrogens (tertiary/aromatic N) is 4. The van der Waals surface area contributed by atoms with E-state index in [1.807, 2.05) is 0 Å². The molecule has 0 spiro atoms. The zero-order valence-corrected chi connectivity index (χ0v) is 10.4. The van der Waals surface area contributed by atoms with Crippen LogP contribution in [0.3, 0.4) is 0 Å². The number of hydrogen-bond acceptors (Lipinski definition) is 5. The van der Waals surface area contributed by atoms with Gasteiger partial charge >= 0.3 is 5.97 Å². The van der Waals surface area contributed by atoms with E-state index in [2.05, 4.69) is 15.3 Å². The molecule has 7 nitrogen and oxygen atoms in total. The first-order valence-electron chi connectivity index (χ1n) is 5.85. The largest absolute Gasteiger partial charge is 0.476 e. The molecule has 1 atom stereocenters. The maximum absolute atomic E-state index is 11.2. The van der Waals surface area contributed by atoms with Crippen LogP contribution in [0.1, 0.15) is 23.8 Å². The van der Waals surface area contributed by atoms with Gasteiger partial charge in [-0.3, -0.25) is 4.98 Å². The van der Waals surface area contributed by atoms with Crippen molar-refractivity contribution in [1.29, 1.82) is 0 Å². The topological polar surface area (TPSA) is 101 Å². The van der Waals surface area contributed by atoms with Crippen LogP contribution in [0.4, 0.5) is 0 Å². The second kappa shape index (κ2) is 5.57. The maximum Gasteiger partial charge on any atom is 0.358 e. The third kappa shape index (κ3) is 2.94. The summed E-state index contributed by atoms with van der Waals surface area (Å²) in [6.07, 6.45) is 3.15. The van der Waals surface area contributed by atoms with Gasteiger partial charge in [-0.2, -0.15) is 0 Å². The van der Waals surface area contributed by atoms with E-state index in [0.717, 1.165) is 0 Å². The van der Waals surface area contributed by atoms with Gasteiger partial charge < -0.3 is 10.2 Å². The van der Waals surface area contributed by atoms with Crippen LogP contribution in [-0.2, 0) is 6.54 Å². The van der Waals surface area contributed by atoms with E-state index < -0.39 is 12.1 Å². The second-order valence-corrected chi connectivity index (χ2v) is 4.19. The molecule has 0 saturated heterocycles. The molecule has 7 heteroatoms. The predicted molar refractivity (Wildman–Crippen MR) is 66.5 cm³/mol. The molecule has 0 amide bonds. The molecule has 100 valence electrons. The van der Waals surface area contributed by atoms with Gasteiger partial charge in [0.15, 0.2) is 5.69 Å². The molecular weight excluding hydrogens is 248 g/mol. The molecule has 19 heavy (non-hydrogen) atoms. The average molecular weight is 262 g/mol. The Bertz CT molecular complexity index is 566. The lowest BCUT2D eigenvalue weighted by molar-refractivity contribution is 0.0691. The van der Waals surface area contributed by atoms with Gasteiger partial charge in [0.2, 0.25) is 0 Å². The highest BCUT2D eigenvalue weighted by atomic mass is 16.4. The molecule has 2 N–H and O–H groups in total. The third-order valence-corrected chi connectivity index (χ3v) is 2.63. The van der Waals surface area contributed by atoms with Crippen LogP contribution in [0, 0.1) is 0 Å². The number of aliphatic hydroxyl groups excluding tert-OH is 1. The van der Waals surface area contributed by atoms with Crippen molar-refractivity contribution in [3.8, 4) is 11.3 Å². The fraction of sp³-hybridized carbons (Fsp3) is 0.333. The van der Waals surface area contributed by atoms with Gasteiger partial charge in [-0.1, -0.05) is 5.21 Å². The summed E-state index contributed by atoms with van der Waals surface area (Å²) >= 11 is 0. The van der Waals surface area contributed by atoms with Gasteiger partial charge in [-0.05, 0) is 25.5 Å². The smallest absolute Gasteiger partial charge is 0.358 e. The number of carboxylic acid groups (broad SMARTS) is 1. The zero-order valence-electron chi connectivity index (χ0n) is 10.4. The molecule has 0 aliphatic heterocycles. The molecule has 0 fully saturated rings. The van der Waals surface area contributed by atoms with Gasteiger partial charge in [-0.15, -0.1) is 5.10 Å². The summed E-state index contributed by atoms with van der Waals surface area (Å²) in [5, 5.41) is 25.9. The lowest BCUT2D eigenvalue weighted by atomic mass is 10.1. The van der Waals surface area contributed by atoms with Crippen LogP contribution in [0.2, 0.25) is 0 Å². The van der Waals surface area contributed by atoms with Crippen LogP contribution >= 0.6 is 0 Å². The third-order valence-electron chi connectivity index (χ3n) is 2.63. The second-order valence-electron chi connectivity index (χ2n) is 4.19. The lowest BCUT2D eigenvalue weighted by Gasteiger charge is -2.08. The molecule has 1 unspecified atom stereocenters. The summed E-state index contributed by atoms with van der Waals surface area (Å²) in [5.74, 6) is -1.14. The number of carbonyl (C=O) groups is 1. The fourth-order valence-electron chi connectivity index (χ4n) is 1.71. The highest BCUT2D eigenvalue weighted by molar-refractivity contribution is 5.92. The number of carboxylic acids is 1. The monoisotopic (exact) mass is 262 g/mol. The van der Waals surface area contributed by atoms with E-state index in [4.69, 9.17) is 5.11 Å². The van der Waals surface area contributed by atoms with Crippen molar-refractivity contribution in [2.24, 2.45) is 0 Å². The first kappa shape index (κ1) is 13.2. The van der Waals surface area contributed by atoms with Crippen molar-refractivity contribution in [3.05, 3.63) is 30.2 Å². The van der Waals surface area contributed by atoms with Crippen molar-refractivity contribution in [1.82, 2.24) is 20.0 Å². The Labute approximate surface area is 109 Å². The molecule has 0 saturated carbocycles. The molecule has 0 aliphatic rings. The van der Waals surface area contributed by atoms with Gasteiger partial charge in [0, 0.05) is 24.5 Å². The number of pyridine rings is 1. The predicted octanol–water partition coefficient (Wildman–Crippen LogP) is 0.809. The number of hydrogen-bond donors (Lipinski definition) is 2. The van der Waals surface area contributed by atoms with Gasteiger partial charge in [0.25, 0.3) is 0 Å². The van der Waals surface area contributed by atoms with Crippen LogP contribution in [0.15, 0.2) is 24.5 Å². The van der Waals surface area contributed by atoms with E-state index in [1.54, 1.807) is 31.5 Å². The molecule has 2 heterocycles. The number of aromatic nitrogens is 4. The van der Waals surface area contributed by atoms with Crippen molar-refractivity contribution < 1.29 is 15.0 Å². The van der Waals surface area contributed by atoms with Crippen molar-refractivity contribution in [3.63, 3.8) is 0 Å². The van der Waals surface area contributed by atoms with Crippen molar-refractivity contribution in [2.45, 2.75) is 26.0 Å². The summed E-state index contributed by atoms with van der Waals surface area (Å²) in [4.78, 5) is 15.1. The molecular formula is C12H14N4O3. The Balaban J connectivity index is 2.42. The molecule has 0 bridgehead atoms. The number of aryl methyl sites for hydroxylation is 1. The standard InChI is InChI=1S/C12H14N4O3/c1-8(17)4-6-16-11(9-3-2-5-13-7-9)10(12(18)19)14-15-16/h2-3,5,7-8,17H,4,6H2,1H3,(H,18,19). The first-order chi connectivity index (χ1) is 9.09. The van der Waals surface area contributed by atoms with Gasteiger partial charge in [0.1, 0.15) is 5.69 Å². The Kier molecular flexibility index (Phi) is 3.86. The summed E-state index contributed by atoms with van der Waals surface area (Å²) in [7, 11) is 0. The minimum absolute atomic E-state index is 0.112. The van der Waals surface area contributed by atoms with Crippen LogP contribution in [0.25, 0.3) is 11.3 Å². The van der Waals surface area contributed by atoms with Crippen LogP contribution in [-0.4, -0.2) is 42.3 Å². The quantitative estimate of drug-likeness (QED) is 0.826. The summed E-state index contributed by atoms with van der Waals surface area (Å²) in [5.41, 5.74) is 0.926. The number of rotatable bonds is 5. The molecule has 2 rings (SSSR count). The van der Waals surface area contributed by atoms with E-state index in [1.165, 1.54) is 4.68 Å². The molecule has 0 aromatic carbocycles. The Morgan fingerprint density at radius 2 is 2.32 bits per heavy atom. The zero-order chi connectivity index (χ0) is 13.8. The molecule has 0 aliphatic carbocycles. The summed E-state index contributed by atoms with van der Waals surface area (Å²) in [6, 6.07) is 3.46. The van der Waals surface area contributed by atoms with E-state index in [-0.39, 0.29) is 5.69 Å². The van der Waals surface area contributed by atoms with Crippen molar-refractivity contribution >= 4 is 5.97 Å². The molecule has 2 aromatic rings. The van der Waals surface area contributed by atoms with Crippen LogP contribution in [0.5, 0.6) is 0 Å². The highest BCUT2D eigenvalue weighted by Gasteiger charge is 2.20. The Hall–Kier alpha value is -2.28. The van der Waals surface area contributed by atoms with E-state index >= 15 is 0 Å². The van der Waals surface area contributed by atoms with Crippen molar-refractivity contribution in [2.75, 3.05) is 0 Å². The van der Waals surface area contributed by atoms with E-state index in [0.29, 0.717) is 24.2 Å². The Morgan fingerprint density at radius 1 is 1.53 bits per heavy atom. The minimum Gasteiger partial charge on any atom is -0.476 e. The maximum atomic E-state index is 11.2. The number of aromatic carboxylic acids is 1. The highest BCUT2D eigenvalue weighted by Crippen LogP contribution is 2.21. The molecule has 2 aromatic heterocycles. The minimum atomic E-state index is -1.14. The summed E-state index contributed by atoms with van der Waals surface area (Å²) < 4.78 is 1.48. The van der Waals surface area contributed by atoms with Gasteiger partial charge in [0.05, 0.1) is 6.10 Å². The Morgan fingerprint density at radius 3 is 2.89 bits per heavy atom.